The molecule has 0 aromatic heterocycles. The molecule has 1 N–H and O–H groups in total. The van der Waals surface area contributed by atoms with Crippen LogP contribution < -0.4 is 10.1 Å². The zero-order chi connectivity index (χ0) is 18.4. The van der Waals surface area contributed by atoms with Gasteiger partial charge in [0.2, 0.25) is 0 Å². The van der Waals surface area contributed by atoms with Crippen LogP contribution in [0.5, 0.6) is 11.5 Å². The molecule has 25 heavy (non-hydrogen) atoms. The van der Waals surface area contributed by atoms with E-state index in [1.54, 1.807) is 43.3 Å². The fourth-order valence-electron chi connectivity index (χ4n) is 2.49. The molecule has 0 heterocycles. The third-order valence-corrected chi connectivity index (χ3v) is 4.13. The van der Waals surface area contributed by atoms with Crippen LogP contribution in [0.4, 0.5) is 4.39 Å². The molecule has 0 fully saturated rings. The highest BCUT2D eigenvalue weighted by molar-refractivity contribution is 6.32. The summed E-state index contributed by atoms with van der Waals surface area (Å²) in [5, 5.41) is 3.25. The summed E-state index contributed by atoms with van der Waals surface area (Å²) < 4.78 is 25.4. The average molecular weight is 366 g/mol. The van der Waals surface area contributed by atoms with Gasteiger partial charge < -0.3 is 9.47 Å². The zero-order valence-electron chi connectivity index (χ0n) is 14.4. The Kier molecular flexibility index (Phi) is 6.79. The van der Waals surface area contributed by atoms with Gasteiger partial charge in [-0.3, -0.25) is 10.1 Å². The molecule has 4 nitrogen and oxygen atoms in total. The van der Waals surface area contributed by atoms with E-state index in [9.17, 15) is 4.79 Å². The maximum Gasteiger partial charge on any atom is 0.322 e. The van der Waals surface area contributed by atoms with E-state index in [1.807, 2.05) is 13.0 Å². The second-order valence-electron chi connectivity index (χ2n) is 5.57. The van der Waals surface area contributed by atoms with E-state index in [0.29, 0.717) is 17.7 Å². The van der Waals surface area contributed by atoms with Crippen molar-refractivity contribution in [3.05, 3.63) is 58.9 Å². The summed E-state index contributed by atoms with van der Waals surface area (Å²) in [6.07, 6.45) is 0.574. The van der Waals surface area contributed by atoms with Crippen molar-refractivity contribution in [2.24, 2.45) is 0 Å². The number of hydrogen-bond donors (Lipinski definition) is 1. The number of methoxy groups -OCH3 is 1. The highest BCUT2D eigenvalue weighted by Gasteiger charge is 2.24. The molecule has 0 aliphatic rings. The van der Waals surface area contributed by atoms with Gasteiger partial charge >= 0.3 is 5.97 Å². The smallest absolute Gasteiger partial charge is 0.322 e. The second kappa shape index (κ2) is 8.83. The summed E-state index contributed by atoms with van der Waals surface area (Å²) >= 11 is 6.12. The number of benzene rings is 2. The predicted octanol–water partition coefficient (Wildman–Crippen LogP) is 4.87. The standard InChI is InChI=1S/C19H21ClFNO3/c1-4-16(22-12(2)19(23)24-3)14-10-11-15(20)18(17(14)21)25-13-8-6-5-7-9-13/h5-12,16,22H,4H2,1-3H3/t12?,16-/m1/s1. The lowest BCUT2D eigenvalue weighted by molar-refractivity contribution is -0.142. The van der Waals surface area contributed by atoms with Gasteiger partial charge in [-0.05, 0) is 31.5 Å². The van der Waals surface area contributed by atoms with Crippen LogP contribution >= 0.6 is 11.6 Å². The average Bonchev–Trinajstić information content (AvgIpc) is 2.63. The molecule has 0 spiro atoms. The number of hydrogen-bond acceptors (Lipinski definition) is 4. The zero-order valence-corrected chi connectivity index (χ0v) is 15.1. The summed E-state index contributed by atoms with van der Waals surface area (Å²) in [5.41, 5.74) is 0.383. The molecule has 1 unspecified atom stereocenters. The van der Waals surface area contributed by atoms with Gasteiger partial charge in [0.25, 0.3) is 0 Å². The number of esters is 1. The number of rotatable bonds is 7. The Labute approximate surface area is 151 Å². The van der Waals surface area contributed by atoms with Crippen molar-refractivity contribution in [1.29, 1.82) is 0 Å². The van der Waals surface area contributed by atoms with Crippen molar-refractivity contribution in [1.82, 2.24) is 5.32 Å². The molecule has 0 bridgehead atoms. The minimum Gasteiger partial charge on any atom is -0.468 e. The highest BCUT2D eigenvalue weighted by atomic mass is 35.5. The van der Waals surface area contributed by atoms with Crippen LogP contribution in [-0.2, 0) is 9.53 Å². The number of carbonyl (C=O) groups excluding carboxylic acids is 1. The van der Waals surface area contributed by atoms with Crippen molar-refractivity contribution in [3.63, 3.8) is 0 Å². The molecular weight excluding hydrogens is 345 g/mol. The summed E-state index contributed by atoms with van der Waals surface area (Å²) in [4.78, 5) is 11.6. The first kappa shape index (κ1) is 19.2. The van der Waals surface area contributed by atoms with Gasteiger partial charge in [-0.2, -0.15) is 0 Å². The van der Waals surface area contributed by atoms with E-state index in [0.717, 1.165) is 0 Å². The molecule has 2 rings (SSSR count). The van der Waals surface area contributed by atoms with Crippen LogP contribution in [-0.4, -0.2) is 19.1 Å². The van der Waals surface area contributed by atoms with Crippen LogP contribution in [0.15, 0.2) is 42.5 Å². The molecule has 0 aliphatic heterocycles. The van der Waals surface area contributed by atoms with E-state index in [-0.39, 0.29) is 16.8 Å². The SMILES string of the molecule is CC[C@@H](NC(C)C(=O)OC)c1ccc(Cl)c(Oc2ccccc2)c1F. The van der Waals surface area contributed by atoms with Crippen LogP contribution in [0.3, 0.4) is 0 Å². The lowest BCUT2D eigenvalue weighted by Gasteiger charge is -2.23. The normalized spacial score (nSPS) is 13.2. The van der Waals surface area contributed by atoms with Crippen molar-refractivity contribution in [2.75, 3.05) is 7.11 Å². The fourth-order valence-corrected chi connectivity index (χ4v) is 2.68. The Balaban J connectivity index is 2.31. The van der Waals surface area contributed by atoms with Gasteiger partial charge in [-0.1, -0.05) is 42.8 Å². The van der Waals surface area contributed by atoms with E-state index < -0.39 is 17.8 Å². The van der Waals surface area contributed by atoms with Crippen molar-refractivity contribution in [2.45, 2.75) is 32.4 Å². The predicted molar refractivity (Wildman–Crippen MR) is 95.6 cm³/mol. The maximum absolute atomic E-state index is 15.0. The number of ether oxygens (including phenoxy) is 2. The molecule has 134 valence electrons. The van der Waals surface area contributed by atoms with E-state index >= 15 is 4.39 Å². The van der Waals surface area contributed by atoms with Crippen LogP contribution in [0.25, 0.3) is 0 Å². The molecule has 6 heteroatoms. The third kappa shape index (κ3) is 4.71. The monoisotopic (exact) mass is 365 g/mol. The van der Waals surface area contributed by atoms with Gasteiger partial charge in [0.15, 0.2) is 11.6 Å². The molecule has 0 amide bonds. The van der Waals surface area contributed by atoms with E-state index in [2.05, 4.69) is 5.32 Å². The second-order valence-corrected chi connectivity index (χ2v) is 5.97. The van der Waals surface area contributed by atoms with Gasteiger partial charge in [-0.15, -0.1) is 0 Å². The summed E-state index contributed by atoms with van der Waals surface area (Å²) in [6, 6.07) is 11.1. The van der Waals surface area contributed by atoms with Gasteiger partial charge in [0.05, 0.1) is 12.1 Å². The molecule has 2 aromatic carbocycles. The lowest BCUT2D eigenvalue weighted by atomic mass is 10.0. The number of carbonyl (C=O) groups is 1. The lowest BCUT2D eigenvalue weighted by Crippen LogP contribution is -2.37. The van der Waals surface area contributed by atoms with Gasteiger partial charge in [-0.25, -0.2) is 4.39 Å². The van der Waals surface area contributed by atoms with Crippen molar-refractivity contribution >= 4 is 17.6 Å². The topological polar surface area (TPSA) is 47.6 Å². The minimum absolute atomic E-state index is 0.0312. The number of halogens is 2. The van der Waals surface area contributed by atoms with Gasteiger partial charge in [0, 0.05) is 11.6 Å². The highest BCUT2D eigenvalue weighted by Crippen LogP contribution is 2.36. The quantitative estimate of drug-likeness (QED) is 0.711. The van der Waals surface area contributed by atoms with Crippen molar-refractivity contribution in [3.8, 4) is 11.5 Å². The Hall–Kier alpha value is -2.11. The fraction of sp³-hybridized carbons (Fsp3) is 0.316. The molecule has 0 saturated carbocycles. The van der Waals surface area contributed by atoms with Crippen molar-refractivity contribution < 1.29 is 18.7 Å². The summed E-state index contributed by atoms with van der Waals surface area (Å²) in [7, 11) is 1.32. The molecule has 2 aromatic rings. The first-order valence-corrected chi connectivity index (χ1v) is 8.40. The first-order chi connectivity index (χ1) is 12.0. The van der Waals surface area contributed by atoms with Crippen LogP contribution in [0.1, 0.15) is 31.9 Å². The number of para-hydroxylation sites is 1. The molecule has 0 aliphatic carbocycles. The molecule has 0 saturated heterocycles. The third-order valence-electron chi connectivity index (χ3n) is 3.83. The Morgan fingerprint density at radius 3 is 2.52 bits per heavy atom. The molecular formula is C19H21ClFNO3. The summed E-state index contributed by atoms with van der Waals surface area (Å²) in [6.45, 7) is 3.57. The first-order valence-electron chi connectivity index (χ1n) is 8.02. The van der Waals surface area contributed by atoms with Crippen LogP contribution in [0, 0.1) is 5.82 Å². The number of nitrogens with one attached hydrogen (secondary N) is 1. The molecule has 0 radical (unpaired) electrons. The largest absolute Gasteiger partial charge is 0.468 e. The summed E-state index contributed by atoms with van der Waals surface area (Å²) in [5.74, 6) is -0.498. The Bertz CT molecular complexity index is 724. The Morgan fingerprint density at radius 1 is 1.24 bits per heavy atom. The van der Waals surface area contributed by atoms with Gasteiger partial charge in [0.1, 0.15) is 11.8 Å². The maximum atomic E-state index is 15.0. The Morgan fingerprint density at radius 2 is 1.92 bits per heavy atom. The van der Waals surface area contributed by atoms with Crippen LogP contribution in [0.2, 0.25) is 5.02 Å². The molecule has 2 atom stereocenters. The van der Waals surface area contributed by atoms with E-state index in [1.165, 1.54) is 7.11 Å². The van der Waals surface area contributed by atoms with E-state index in [4.69, 9.17) is 21.1 Å². The minimum atomic E-state index is -0.566.